The number of hydrogen-bond donors (Lipinski definition) is 1. The van der Waals surface area contributed by atoms with E-state index in [1.54, 1.807) is 0 Å². The second kappa shape index (κ2) is 6.64. The number of nitro benzene ring substituents is 1. The summed E-state index contributed by atoms with van der Waals surface area (Å²) in [6.07, 6.45) is 0.519. The van der Waals surface area contributed by atoms with Crippen molar-refractivity contribution >= 4 is 15.7 Å². The summed E-state index contributed by atoms with van der Waals surface area (Å²) in [5.41, 5.74) is 5.12. The predicted molar refractivity (Wildman–Crippen MR) is 73.1 cm³/mol. The molecule has 0 heterocycles. The number of sulfonamides is 1. The van der Waals surface area contributed by atoms with Gasteiger partial charge in [0, 0.05) is 19.7 Å². The fourth-order valence-corrected chi connectivity index (χ4v) is 2.93. The Kier molecular flexibility index (Phi) is 5.43. The quantitative estimate of drug-likeness (QED) is 0.581. The fraction of sp³-hybridized carbons (Fsp3) is 0.455. The third kappa shape index (κ3) is 3.44. The topological polar surface area (TPSA) is 116 Å². The second-order valence-corrected chi connectivity index (χ2v) is 6.07. The standard InChI is InChI=1S/C11H17N3O5S/c1-13(7-3-6-12)20(17,18)11-5-4-9(14(15)16)8-10(11)19-2/h4-5,8H,3,6-7,12H2,1-2H3. The van der Waals surface area contributed by atoms with Gasteiger partial charge in [-0.3, -0.25) is 10.1 Å². The van der Waals surface area contributed by atoms with E-state index in [-0.39, 0.29) is 22.9 Å². The van der Waals surface area contributed by atoms with Crippen molar-refractivity contribution in [1.82, 2.24) is 4.31 Å². The van der Waals surface area contributed by atoms with E-state index >= 15 is 0 Å². The lowest BCUT2D eigenvalue weighted by Crippen LogP contribution is -2.29. The first-order valence-corrected chi connectivity index (χ1v) is 7.27. The number of nitro groups is 1. The maximum absolute atomic E-state index is 12.3. The van der Waals surface area contributed by atoms with Crippen molar-refractivity contribution < 1.29 is 18.1 Å². The van der Waals surface area contributed by atoms with Crippen molar-refractivity contribution in [2.75, 3.05) is 27.2 Å². The molecular weight excluding hydrogens is 286 g/mol. The summed E-state index contributed by atoms with van der Waals surface area (Å²) >= 11 is 0. The van der Waals surface area contributed by atoms with Gasteiger partial charge in [0.2, 0.25) is 10.0 Å². The maximum Gasteiger partial charge on any atom is 0.273 e. The molecule has 0 unspecified atom stereocenters. The fourth-order valence-electron chi connectivity index (χ4n) is 1.58. The van der Waals surface area contributed by atoms with Crippen LogP contribution in [-0.4, -0.2) is 44.9 Å². The Morgan fingerprint density at radius 3 is 2.60 bits per heavy atom. The zero-order valence-electron chi connectivity index (χ0n) is 11.3. The maximum atomic E-state index is 12.3. The molecule has 0 atom stereocenters. The highest BCUT2D eigenvalue weighted by atomic mass is 32.2. The molecule has 0 amide bonds. The van der Waals surface area contributed by atoms with Crippen LogP contribution in [0.25, 0.3) is 0 Å². The molecule has 20 heavy (non-hydrogen) atoms. The molecule has 1 aromatic rings. The molecule has 0 aromatic heterocycles. The minimum Gasteiger partial charge on any atom is -0.495 e. The summed E-state index contributed by atoms with van der Waals surface area (Å²) in [6, 6.07) is 3.39. The number of hydrogen-bond acceptors (Lipinski definition) is 6. The SMILES string of the molecule is COc1cc([N+](=O)[O-])ccc1S(=O)(=O)N(C)CCCN. The molecule has 112 valence electrons. The monoisotopic (exact) mass is 303 g/mol. The van der Waals surface area contributed by atoms with Gasteiger partial charge >= 0.3 is 0 Å². The number of methoxy groups -OCH3 is 1. The van der Waals surface area contributed by atoms with Crippen LogP contribution in [0.15, 0.2) is 23.1 Å². The van der Waals surface area contributed by atoms with Gasteiger partial charge in [-0.15, -0.1) is 0 Å². The van der Waals surface area contributed by atoms with Crippen LogP contribution in [0.4, 0.5) is 5.69 Å². The van der Waals surface area contributed by atoms with Crippen LogP contribution in [0.2, 0.25) is 0 Å². The Morgan fingerprint density at radius 2 is 2.10 bits per heavy atom. The number of nitrogens with two attached hydrogens (primary N) is 1. The summed E-state index contributed by atoms with van der Waals surface area (Å²) in [5.74, 6) is -0.0567. The third-order valence-corrected chi connectivity index (χ3v) is 4.62. The number of benzene rings is 1. The minimum absolute atomic E-state index is 0.0567. The Morgan fingerprint density at radius 1 is 1.45 bits per heavy atom. The predicted octanol–water partition coefficient (Wildman–Crippen LogP) is 0.573. The van der Waals surface area contributed by atoms with E-state index in [1.165, 1.54) is 20.2 Å². The van der Waals surface area contributed by atoms with E-state index in [4.69, 9.17) is 10.5 Å². The molecule has 0 aliphatic heterocycles. The van der Waals surface area contributed by atoms with Gasteiger partial charge in [0.05, 0.1) is 18.1 Å². The molecule has 9 heteroatoms. The van der Waals surface area contributed by atoms with Gasteiger partial charge in [0.15, 0.2) is 0 Å². The molecule has 1 aromatic carbocycles. The minimum atomic E-state index is -3.77. The Labute approximate surface area is 117 Å². The van der Waals surface area contributed by atoms with Crippen molar-refractivity contribution in [3.63, 3.8) is 0 Å². The van der Waals surface area contributed by atoms with E-state index in [0.29, 0.717) is 13.0 Å². The molecule has 2 N–H and O–H groups in total. The van der Waals surface area contributed by atoms with Crippen LogP contribution in [0.5, 0.6) is 5.75 Å². The number of nitrogens with zero attached hydrogens (tertiary/aromatic N) is 2. The summed E-state index contributed by atoms with van der Waals surface area (Å²) in [7, 11) is -1.08. The van der Waals surface area contributed by atoms with Crippen molar-refractivity contribution in [3.05, 3.63) is 28.3 Å². The number of rotatable bonds is 7. The number of ether oxygens (including phenoxy) is 1. The van der Waals surface area contributed by atoms with Crippen molar-refractivity contribution in [2.45, 2.75) is 11.3 Å². The zero-order valence-corrected chi connectivity index (χ0v) is 12.1. The van der Waals surface area contributed by atoms with Crippen LogP contribution in [0.1, 0.15) is 6.42 Å². The number of non-ortho nitro benzene ring substituents is 1. The van der Waals surface area contributed by atoms with Crippen molar-refractivity contribution in [3.8, 4) is 5.75 Å². The van der Waals surface area contributed by atoms with E-state index in [0.717, 1.165) is 16.4 Å². The zero-order chi connectivity index (χ0) is 15.3. The largest absolute Gasteiger partial charge is 0.495 e. The molecule has 1 rings (SSSR count). The second-order valence-electron chi connectivity index (χ2n) is 4.06. The highest BCUT2D eigenvalue weighted by molar-refractivity contribution is 7.89. The smallest absolute Gasteiger partial charge is 0.273 e. The molecule has 0 bridgehead atoms. The molecule has 0 fully saturated rings. The lowest BCUT2D eigenvalue weighted by molar-refractivity contribution is -0.385. The molecule has 0 aliphatic rings. The Balaban J connectivity index is 3.21. The van der Waals surface area contributed by atoms with E-state index in [9.17, 15) is 18.5 Å². The average Bonchev–Trinajstić information content (AvgIpc) is 2.43. The van der Waals surface area contributed by atoms with Gasteiger partial charge in [-0.25, -0.2) is 12.7 Å². The summed E-state index contributed by atoms with van der Waals surface area (Å²) in [6.45, 7) is 0.635. The Bertz CT molecular complexity index is 588. The molecule has 0 radical (unpaired) electrons. The van der Waals surface area contributed by atoms with Crippen molar-refractivity contribution in [1.29, 1.82) is 0 Å². The van der Waals surface area contributed by atoms with Gasteiger partial charge in [-0.2, -0.15) is 0 Å². The van der Waals surface area contributed by atoms with E-state index in [1.807, 2.05) is 0 Å². The molecule has 0 spiro atoms. The molecule has 0 aliphatic carbocycles. The summed E-state index contributed by atoms with van der Waals surface area (Å²) in [5, 5.41) is 10.7. The molecule has 8 nitrogen and oxygen atoms in total. The van der Waals surface area contributed by atoms with Crippen LogP contribution in [-0.2, 0) is 10.0 Å². The highest BCUT2D eigenvalue weighted by Crippen LogP contribution is 2.30. The molecule has 0 saturated heterocycles. The van der Waals surface area contributed by atoms with Gasteiger partial charge in [-0.1, -0.05) is 0 Å². The highest BCUT2D eigenvalue weighted by Gasteiger charge is 2.26. The molecular formula is C11H17N3O5S. The first-order valence-electron chi connectivity index (χ1n) is 5.83. The van der Waals surface area contributed by atoms with Gasteiger partial charge in [0.25, 0.3) is 5.69 Å². The summed E-state index contributed by atoms with van der Waals surface area (Å²) in [4.78, 5) is 9.96. The lowest BCUT2D eigenvalue weighted by Gasteiger charge is -2.18. The van der Waals surface area contributed by atoms with Gasteiger partial charge in [0.1, 0.15) is 10.6 Å². The van der Waals surface area contributed by atoms with Crippen molar-refractivity contribution in [2.24, 2.45) is 5.73 Å². The average molecular weight is 303 g/mol. The van der Waals surface area contributed by atoms with Gasteiger partial charge in [-0.05, 0) is 19.0 Å². The van der Waals surface area contributed by atoms with Crippen LogP contribution in [0.3, 0.4) is 0 Å². The van der Waals surface area contributed by atoms with E-state index < -0.39 is 14.9 Å². The van der Waals surface area contributed by atoms with Crippen LogP contribution < -0.4 is 10.5 Å². The van der Waals surface area contributed by atoms with Gasteiger partial charge < -0.3 is 10.5 Å². The first-order chi connectivity index (χ1) is 9.34. The normalized spacial score (nSPS) is 11.6. The van der Waals surface area contributed by atoms with E-state index in [2.05, 4.69) is 0 Å². The van der Waals surface area contributed by atoms with Crippen LogP contribution >= 0.6 is 0 Å². The Hall–Kier alpha value is -1.71. The third-order valence-electron chi connectivity index (χ3n) is 2.72. The lowest BCUT2D eigenvalue weighted by atomic mass is 10.3. The first kappa shape index (κ1) is 16.3. The van der Waals surface area contributed by atoms with Crippen LogP contribution in [0, 0.1) is 10.1 Å². The molecule has 0 saturated carbocycles. The summed E-state index contributed by atoms with van der Waals surface area (Å²) < 4.78 is 30.8.